The molecule has 136 valence electrons. The van der Waals surface area contributed by atoms with Crippen LogP contribution in [0.2, 0.25) is 0 Å². The van der Waals surface area contributed by atoms with Crippen LogP contribution in [0.3, 0.4) is 0 Å². The fourth-order valence-corrected chi connectivity index (χ4v) is 2.53. The van der Waals surface area contributed by atoms with Crippen molar-refractivity contribution in [3.8, 4) is 6.07 Å². The van der Waals surface area contributed by atoms with Crippen LogP contribution in [0.15, 0.2) is 36.2 Å². The summed E-state index contributed by atoms with van der Waals surface area (Å²) in [6.45, 7) is 1.70. The van der Waals surface area contributed by atoms with Crippen LogP contribution >= 0.6 is 0 Å². The quantitative estimate of drug-likeness (QED) is 0.562. The topological polar surface area (TPSA) is 23.8 Å². The van der Waals surface area contributed by atoms with Crippen molar-refractivity contribution in [2.24, 2.45) is 0 Å². The monoisotopic (exact) mass is 365 g/mol. The van der Waals surface area contributed by atoms with Crippen LogP contribution in [-0.2, 0) is 12.8 Å². The Bertz CT molecular complexity index is 857. The van der Waals surface area contributed by atoms with E-state index in [4.69, 9.17) is 5.26 Å². The van der Waals surface area contributed by atoms with Crippen LogP contribution in [0, 0.1) is 28.8 Å². The maximum atomic E-state index is 14.1. The van der Waals surface area contributed by atoms with E-state index >= 15 is 0 Å². The van der Waals surface area contributed by atoms with E-state index in [1.54, 1.807) is 6.92 Å². The van der Waals surface area contributed by atoms with E-state index in [-0.39, 0.29) is 36.0 Å². The Hall–Kier alpha value is -2.68. The van der Waals surface area contributed by atoms with Crippen molar-refractivity contribution >= 4 is 5.83 Å². The minimum Gasteiger partial charge on any atom is -0.209 e. The van der Waals surface area contributed by atoms with Gasteiger partial charge in [0, 0.05) is 12.0 Å². The van der Waals surface area contributed by atoms with Gasteiger partial charge in [0.1, 0.15) is 34.9 Å². The summed E-state index contributed by atoms with van der Waals surface area (Å²) in [7, 11) is 0. The number of aryl methyl sites for hydroxylation is 2. The minimum absolute atomic E-state index is 0.0645. The zero-order chi connectivity index (χ0) is 19.3. The van der Waals surface area contributed by atoms with Gasteiger partial charge in [0.15, 0.2) is 5.83 Å². The molecule has 1 nitrogen and oxygen atoms in total. The van der Waals surface area contributed by atoms with Crippen LogP contribution in [0.5, 0.6) is 0 Å². The molecule has 6 heteroatoms. The lowest BCUT2D eigenvalue weighted by atomic mass is 10.0. The van der Waals surface area contributed by atoms with Gasteiger partial charge < -0.3 is 0 Å². The second-order valence-electron chi connectivity index (χ2n) is 5.82. The summed E-state index contributed by atoms with van der Waals surface area (Å²) >= 11 is 0. The molecule has 0 amide bonds. The van der Waals surface area contributed by atoms with Crippen molar-refractivity contribution in [2.45, 2.75) is 32.6 Å². The number of nitrogens with zero attached hydrogens (tertiary/aromatic N) is 1. The molecule has 0 saturated heterocycles. The normalized spacial score (nSPS) is 11.9. The molecule has 0 saturated carbocycles. The SMILES string of the molecule is CCC/C(F)=C(\F)c1ccc(CCc2cc(F)c(C#N)c(F)c2)c(F)c1. The highest BCUT2D eigenvalue weighted by molar-refractivity contribution is 5.61. The number of benzene rings is 2. The molecule has 0 spiro atoms. The fourth-order valence-electron chi connectivity index (χ4n) is 2.53. The Morgan fingerprint density at radius 1 is 0.962 bits per heavy atom. The summed E-state index contributed by atoms with van der Waals surface area (Å²) in [6, 6.07) is 6.97. The van der Waals surface area contributed by atoms with Gasteiger partial charge in [-0.2, -0.15) is 5.26 Å². The maximum absolute atomic E-state index is 14.1. The first-order valence-corrected chi connectivity index (χ1v) is 8.08. The molecule has 0 bridgehead atoms. The lowest BCUT2D eigenvalue weighted by Crippen LogP contribution is -1.99. The van der Waals surface area contributed by atoms with Crippen molar-refractivity contribution in [1.82, 2.24) is 0 Å². The summed E-state index contributed by atoms with van der Waals surface area (Å²) < 4.78 is 68.7. The third-order valence-corrected chi connectivity index (χ3v) is 3.91. The summed E-state index contributed by atoms with van der Waals surface area (Å²) in [5.41, 5.74) is -0.376. The van der Waals surface area contributed by atoms with Gasteiger partial charge in [0.05, 0.1) is 0 Å². The van der Waals surface area contributed by atoms with E-state index in [9.17, 15) is 22.0 Å². The van der Waals surface area contributed by atoms with Crippen molar-refractivity contribution < 1.29 is 22.0 Å². The number of hydrogen-bond donors (Lipinski definition) is 0. The third-order valence-electron chi connectivity index (χ3n) is 3.91. The Kier molecular flexibility index (Phi) is 6.51. The summed E-state index contributed by atoms with van der Waals surface area (Å²) in [5, 5.41) is 8.64. The van der Waals surface area contributed by atoms with E-state index in [1.807, 2.05) is 0 Å². The lowest BCUT2D eigenvalue weighted by Gasteiger charge is -2.07. The Morgan fingerprint density at radius 3 is 2.15 bits per heavy atom. The summed E-state index contributed by atoms with van der Waals surface area (Å²) in [4.78, 5) is 0. The average molecular weight is 365 g/mol. The molecule has 0 heterocycles. The highest BCUT2D eigenvalue weighted by atomic mass is 19.2. The van der Waals surface area contributed by atoms with Gasteiger partial charge >= 0.3 is 0 Å². The molecule has 0 radical (unpaired) electrons. The fraction of sp³-hybridized carbons (Fsp3) is 0.250. The van der Waals surface area contributed by atoms with Gasteiger partial charge in [-0.25, -0.2) is 22.0 Å². The predicted molar refractivity (Wildman–Crippen MR) is 88.9 cm³/mol. The molecule has 0 atom stereocenters. The number of rotatable bonds is 6. The van der Waals surface area contributed by atoms with Crippen LogP contribution in [-0.4, -0.2) is 0 Å². The average Bonchev–Trinajstić information content (AvgIpc) is 2.60. The lowest BCUT2D eigenvalue weighted by molar-refractivity contribution is 0.558. The third kappa shape index (κ3) is 4.48. The smallest absolute Gasteiger partial charge is 0.161 e. The van der Waals surface area contributed by atoms with Gasteiger partial charge in [-0.15, -0.1) is 0 Å². The van der Waals surface area contributed by atoms with E-state index in [1.165, 1.54) is 18.2 Å². The molecular weight excluding hydrogens is 349 g/mol. The first kappa shape index (κ1) is 19.6. The Labute approximate surface area is 148 Å². The van der Waals surface area contributed by atoms with Crippen molar-refractivity contribution in [1.29, 1.82) is 5.26 Å². The second-order valence-corrected chi connectivity index (χ2v) is 5.82. The highest BCUT2D eigenvalue weighted by Gasteiger charge is 2.13. The van der Waals surface area contributed by atoms with Gasteiger partial charge in [0.2, 0.25) is 0 Å². The van der Waals surface area contributed by atoms with Crippen molar-refractivity contribution in [2.75, 3.05) is 0 Å². The van der Waals surface area contributed by atoms with E-state index in [2.05, 4.69) is 0 Å². The van der Waals surface area contributed by atoms with Gasteiger partial charge in [-0.3, -0.25) is 0 Å². The summed E-state index contributed by atoms with van der Waals surface area (Å²) in [6.07, 6.45) is 0.598. The first-order chi connectivity index (χ1) is 12.4. The first-order valence-electron chi connectivity index (χ1n) is 8.08. The molecule has 0 aliphatic rings. The molecule has 2 aromatic rings. The van der Waals surface area contributed by atoms with E-state index in [0.29, 0.717) is 6.42 Å². The highest BCUT2D eigenvalue weighted by Crippen LogP contribution is 2.26. The Balaban J connectivity index is 2.17. The zero-order valence-corrected chi connectivity index (χ0v) is 14.1. The standard InChI is InChI=1S/C20H16F5N/c1-2-3-16(21)20(25)14-7-6-13(17(22)10-14)5-4-12-8-18(23)15(11-26)19(24)9-12/h6-10H,2-5H2,1H3/b20-16+. The number of nitriles is 1. The van der Waals surface area contributed by atoms with Gasteiger partial charge in [0.25, 0.3) is 0 Å². The number of allylic oxidation sites excluding steroid dienone is 1. The largest absolute Gasteiger partial charge is 0.209 e. The predicted octanol–water partition coefficient (Wildman–Crippen LogP) is 6.17. The van der Waals surface area contributed by atoms with Crippen molar-refractivity contribution in [3.05, 3.63) is 75.9 Å². The molecule has 0 aliphatic carbocycles. The van der Waals surface area contributed by atoms with Gasteiger partial charge in [-0.1, -0.05) is 19.1 Å². The second kappa shape index (κ2) is 8.61. The maximum Gasteiger partial charge on any atom is 0.161 e. The molecular formula is C20H16F5N. The molecule has 26 heavy (non-hydrogen) atoms. The molecule has 0 aromatic heterocycles. The number of halogens is 5. The van der Waals surface area contributed by atoms with Crippen LogP contribution < -0.4 is 0 Å². The van der Waals surface area contributed by atoms with Crippen LogP contribution in [0.1, 0.15) is 42.0 Å². The Morgan fingerprint density at radius 2 is 1.62 bits per heavy atom. The molecule has 0 N–H and O–H groups in total. The minimum atomic E-state index is -1.09. The van der Waals surface area contributed by atoms with Gasteiger partial charge in [-0.05, 0) is 48.6 Å². The van der Waals surface area contributed by atoms with Crippen LogP contribution in [0.4, 0.5) is 22.0 Å². The van der Waals surface area contributed by atoms with E-state index < -0.39 is 34.7 Å². The molecule has 2 rings (SSSR count). The molecule has 0 fully saturated rings. The van der Waals surface area contributed by atoms with Crippen molar-refractivity contribution in [3.63, 3.8) is 0 Å². The zero-order valence-electron chi connectivity index (χ0n) is 14.1. The molecule has 2 aromatic carbocycles. The van der Waals surface area contributed by atoms with E-state index in [0.717, 1.165) is 18.2 Å². The molecule has 0 unspecified atom stereocenters. The molecule has 0 aliphatic heterocycles. The summed E-state index contributed by atoms with van der Waals surface area (Å²) in [5.74, 6) is -4.69. The van der Waals surface area contributed by atoms with Crippen LogP contribution in [0.25, 0.3) is 5.83 Å². The number of hydrogen-bond acceptors (Lipinski definition) is 1.